The summed E-state index contributed by atoms with van der Waals surface area (Å²) in [4.78, 5) is 85.7. The van der Waals surface area contributed by atoms with E-state index in [9.17, 15) is 33.6 Å². The van der Waals surface area contributed by atoms with E-state index in [4.69, 9.17) is 28.4 Å². The highest BCUT2D eigenvalue weighted by atomic mass is 16.7. The quantitative estimate of drug-likeness (QED) is 0.280. The minimum atomic E-state index is -1.40. The fourth-order valence-corrected chi connectivity index (χ4v) is 3.95. The third-order valence-electron chi connectivity index (χ3n) is 5.53. The molecule has 1 saturated heterocycles. The summed E-state index contributed by atoms with van der Waals surface area (Å²) in [6.07, 6.45) is -5.23. The first-order valence-corrected chi connectivity index (χ1v) is 12.6. The number of rotatable bonds is 10. The SMILES string of the molecule is COC(=O)C(CCn1c(=O)ccn([C@@H]2O[C@H](COC(C)=O)[C@@H](OC(C)=O)[C@H]2OC(C)=O)c1=O)NC(=O)OC(C)(C)C. The molecule has 1 aromatic rings. The molecule has 41 heavy (non-hydrogen) atoms. The van der Waals surface area contributed by atoms with Crippen LogP contribution in [0.5, 0.6) is 0 Å². The molecule has 1 fully saturated rings. The summed E-state index contributed by atoms with van der Waals surface area (Å²) in [7, 11) is 1.10. The summed E-state index contributed by atoms with van der Waals surface area (Å²) in [5.41, 5.74) is -2.54. The number of nitrogens with zero attached hydrogens (tertiary/aromatic N) is 2. The lowest BCUT2D eigenvalue weighted by Crippen LogP contribution is -2.47. The Bertz CT molecular complexity index is 1260. The van der Waals surface area contributed by atoms with Crippen LogP contribution in [0, 0.1) is 0 Å². The highest BCUT2D eigenvalue weighted by molar-refractivity contribution is 5.81. The fourth-order valence-electron chi connectivity index (χ4n) is 3.95. The van der Waals surface area contributed by atoms with Gasteiger partial charge in [-0.25, -0.2) is 14.4 Å². The molecule has 16 heteroatoms. The molecule has 0 radical (unpaired) electrons. The first kappa shape index (κ1) is 33.0. The van der Waals surface area contributed by atoms with E-state index in [1.165, 1.54) is 0 Å². The van der Waals surface area contributed by atoms with Crippen molar-refractivity contribution in [1.82, 2.24) is 14.5 Å². The Morgan fingerprint density at radius 1 is 1.00 bits per heavy atom. The van der Waals surface area contributed by atoms with E-state index in [-0.39, 0.29) is 13.0 Å². The minimum absolute atomic E-state index is 0.241. The Labute approximate surface area is 234 Å². The van der Waals surface area contributed by atoms with Gasteiger partial charge in [0.25, 0.3) is 5.56 Å². The van der Waals surface area contributed by atoms with Crippen LogP contribution in [0.4, 0.5) is 4.79 Å². The van der Waals surface area contributed by atoms with Crippen molar-refractivity contribution in [3.63, 3.8) is 0 Å². The lowest BCUT2D eigenvalue weighted by molar-refractivity contribution is -0.166. The molecular formula is C25H35N3O13. The van der Waals surface area contributed by atoms with E-state index in [1.807, 2.05) is 0 Å². The van der Waals surface area contributed by atoms with E-state index in [1.54, 1.807) is 20.8 Å². The molecule has 16 nitrogen and oxygen atoms in total. The average Bonchev–Trinajstić information content (AvgIpc) is 3.15. The number of aromatic nitrogens is 2. The number of ether oxygens (including phenoxy) is 6. The molecular weight excluding hydrogens is 550 g/mol. The molecule has 0 aromatic carbocycles. The van der Waals surface area contributed by atoms with Gasteiger partial charge in [0.1, 0.15) is 24.4 Å². The molecule has 1 unspecified atom stereocenters. The van der Waals surface area contributed by atoms with Crippen molar-refractivity contribution in [1.29, 1.82) is 0 Å². The van der Waals surface area contributed by atoms with E-state index >= 15 is 0 Å². The van der Waals surface area contributed by atoms with Crippen LogP contribution < -0.4 is 16.6 Å². The molecule has 2 heterocycles. The minimum Gasteiger partial charge on any atom is -0.467 e. The number of amides is 1. The topological polar surface area (TPSA) is 197 Å². The van der Waals surface area contributed by atoms with Crippen LogP contribution in [0.15, 0.2) is 21.9 Å². The Morgan fingerprint density at radius 3 is 2.15 bits per heavy atom. The summed E-state index contributed by atoms with van der Waals surface area (Å²) in [6.45, 7) is 7.48. The van der Waals surface area contributed by atoms with Gasteiger partial charge in [0.15, 0.2) is 18.4 Å². The smallest absolute Gasteiger partial charge is 0.408 e. The van der Waals surface area contributed by atoms with Gasteiger partial charge in [-0.1, -0.05) is 0 Å². The average molecular weight is 586 g/mol. The van der Waals surface area contributed by atoms with Crippen molar-refractivity contribution in [2.24, 2.45) is 0 Å². The molecule has 1 aliphatic heterocycles. The Hall–Kier alpha value is -4.21. The first-order valence-electron chi connectivity index (χ1n) is 12.6. The van der Waals surface area contributed by atoms with Gasteiger partial charge >= 0.3 is 35.7 Å². The van der Waals surface area contributed by atoms with Crippen LogP contribution >= 0.6 is 0 Å². The predicted molar refractivity (Wildman–Crippen MR) is 136 cm³/mol. The molecule has 1 amide bonds. The van der Waals surface area contributed by atoms with Crippen LogP contribution in [0.2, 0.25) is 0 Å². The van der Waals surface area contributed by atoms with Gasteiger partial charge in [0.05, 0.1) is 7.11 Å². The Balaban J connectivity index is 2.42. The zero-order valence-electron chi connectivity index (χ0n) is 23.9. The number of alkyl carbamates (subject to hydrolysis) is 1. The van der Waals surface area contributed by atoms with Crippen molar-refractivity contribution in [3.05, 3.63) is 33.1 Å². The maximum atomic E-state index is 13.5. The third-order valence-corrected chi connectivity index (χ3v) is 5.53. The van der Waals surface area contributed by atoms with Crippen molar-refractivity contribution >= 4 is 30.0 Å². The van der Waals surface area contributed by atoms with Crippen molar-refractivity contribution in [2.45, 2.75) is 90.7 Å². The number of nitrogens with one attached hydrogen (secondary N) is 1. The van der Waals surface area contributed by atoms with Crippen LogP contribution in [0.3, 0.4) is 0 Å². The maximum Gasteiger partial charge on any atom is 0.408 e. The number of methoxy groups -OCH3 is 1. The second-order valence-corrected chi connectivity index (χ2v) is 10.0. The zero-order chi connectivity index (χ0) is 31.1. The highest BCUT2D eigenvalue weighted by Crippen LogP contribution is 2.33. The molecule has 0 spiro atoms. The van der Waals surface area contributed by atoms with E-state index in [0.29, 0.717) is 0 Å². The van der Waals surface area contributed by atoms with Crippen LogP contribution in [-0.2, 0) is 54.1 Å². The predicted octanol–water partition coefficient (Wildman–Crippen LogP) is -0.210. The largest absolute Gasteiger partial charge is 0.467 e. The van der Waals surface area contributed by atoms with E-state index in [0.717, 1.165) is 49.3 Å². The standard InChI is InChI=1S/C25H35N3O13/c1-13(29)37-12-17-19(38-14(2)30)20(39-15(3)31)21(40-17)28-11-9-18(32)27(24(28)35)10-8-16(22(33)36-7)26-23(34)41-25(4,5)6/h9,11,16-17,19-21H,8,10,12H2,1-7H3,(H,26,34)/t16?,17-,19-,20-,21-/m1/s1. The van der Waals surface area contributed by atoms with Crippen LogP contribution in [-0.4, -0.2) is 82.8 Å². The van der Waals surface area contributed by atoms with Crippen molar-refractivity contribution < 1.29 is 52.4 Å². The molecule has 1 N–H and O–H groups in total. The number of hydrogen-bond acceptors (Lipinski definition) is 13. The second-order valence-electron chi connectivity index (χ2n) is 10.0. The summed E-state index contributed by atoms with van der Waals surface area (Å²) < 4.78 is 33.0. The molecule has 0 aliphatic carbocycles. The number of carbonyl (C=O) groups excluding carboxylic acids is 5. The Morgan fingerprint density at radius 2 is 1.61 bits per heavy atom. The van der Waals surface area contributed by atoms with Gasteiger partial charge < -0.3 is 33.7 Å². The van der Waals surface area contributed by atoms with Crippen molar-refractivity contribution in [3.8, 4) is 0 Å². The van der Waals surface area contributed by atoms with Crippen LogP contribution in [0.25, 0.3) is 0 Å². The molecule has 2 rings (SSSR count). The fraction of sp³-hybridized carbons (Fsp3) is 0.640. The van der Waals surface area contributed by atoms with Crippen molar-refractivity contribution in [2.75, 3.05) is 13.7 Å². The summed E-state index contributed by atoms with van der Waals surface area (Å²) >= 11 is 0. The van der Waals surface area contributed by atoms with Gasteiger partial charge in [0.2, 0.25) is 0 Å². The molecule has 1 aromatic heterocycles. The third kappa shape index (κ3) is 9.44. The maximum absolute atomic E-state index is 13.5. The normalized spacial score (nSPS) is 20.9. The highest BCUT2D eigenvalue weighted by Gasteiger charge is 2.51. The summed E-state index contributed by atoms with van der Waals surface area (Å²) in [5, 5.41) is 2.35. The lowest BCUT2D eigenvalue weighted by atomic mass is 10.1. The Kier molecular flexibility index (Phi) is 11.2. The number of carbonyl (C=O) groups is 5. The number of esters is 4. The molecule has 5 atom stereocenters. The zero-order valence-corrected chi connectivity index (χ0v) is 23.9. The number of hydrogen-bond donors (Lipinski definition) is 1. The van der Waals surface area contributed by atoms with E-state index in [2.05, 4.69) is 5.32 Å². The van der Waals surface area contributed by atoms with E-state index < -0.39 is 84.0 Å². The van der Waals surface area contributed by atoms with Gasteiger partial charge in [-0.05, 0) is 27.2 Å². The second kappa shape index (κ2) is 13.9. The van der Waals surface area contributed by atoms with Crippen LogP contribution in [0.1, 0.15) is 54.2 Å². The summed E-state index contributed by atoms with van der Waals surface area (Å²) in [6, 6.07) is -0.239. The van der Waals surface area contributed by atoms with Gasteiger partial charge in [-0.3, -0.25) is 28.3 Å². The monoisotopic (exact) mass is 585 g/mol. The first-order chi connectivity index (χ1) is 19.0. The lowest BCUT2D eigenvalue weighted by Gasteiger charge is -2.24. The summed E-state index contributed by atoms with van der Waals surface area (Å²) in [5.74, 6) is -3.04. The van der Waals surface area contributed by atoms with Gasteiger partial charge in [0, 0.05) is 39.6 Å². The molecule has 1 aliphatic rings. The molecule has 228 valence electrons. The van der Waals surface area contributed by atoms with Gasteiger partial charge in [-0.2, -0.15) is 0 Å². The van der Waals surface area contributed by atoms with Gasteiger partial charge in [-0.15, -0.1) is 0 Å². The molecule has 0 bridgehead atoms. The molecule has 0 saturated carbocycles.